The molecule has 0 fully saturated rings. The summed E-state index contributed by atoms with van der Waals surface area (Å²) in [5.74, 6) is 2.31. The van der Waals surface area contributed by atoms with Gasteiger partial charge in [-0.25, -0.2) is 0 Å². The third-order valence-corrected chi connectivity index (χ3v) is 3.30. The van der Waals surface area contributed by atoms with E-state index in [1.165, 1.54) is 0 Å². The molecule has 1 aliphatic rings. The smallest absolute Gasteiger partial charge is 0.231 e. The summed E-state index contributed by atoms with van der Waals surface area (Å²) in [6.45, 7) is 0.229. The predicted molar refractivity (Wildman–Crippen MR) is 75.7 cm³/mol. The first-order valence-electron chi connectivity index (χ1n) is 6.38. The second kappa shape index (κ2) is 4.52. The predicted octanol–water partition coefficient (Wildman–Crippen LogP) is 2.71. The molecular weight excluding hydrogens is 270 g/mol. The van der Waals surface area contributed by atoms with Crippen molar-refractivity contribution in [2.45, 2.75) is 0 Å². The third-order valence-electron chi connectivity index (χ3n) is 3.30. The van der Waals surface area contributed by atoms with Crippen molar-refractivity contribution in [3.63, 3.8) is 0 Å². The molecule has 0 saturated carbocycles. The number of fused-ring (bicyclic) bond motifs is 1. The van der Waals surface area contributed by atoms with Gasteiger partial charge in [0.15, 0.2) is 23.1 Å². The molecule has 1 aromatic carbocycles. The highest BCUT2D eigenvalue weighted by Crippen LogP contribution is 2.40. The van der Waals surface area contributed by atoms with E-state index in [-0.39, 0.29) is 6.79 Å². The molecule has 0 spiro atoms. The number of anilines is 1. The number of nitrogen functional groups attached to an aromatic ring is 1. The Labute approximate surface area is 120 Å². The molecule has 4 rings (SSSR count). The zero-order valence-electron chi connectivity index (χ0n) is 10.9. The fourth-order valence-corrected chi connectivity index (χ4v) is 2.33. The summed E-state index contributed by atoms with van der Waals surface area (Å²) in [5, 5.41) is 3.87. The van der Waals surface area contributed by atoms with Gasteiger partial charge >= 0.3 is 0 Å². The molecule has 104 valence electrons. The van der Waals surface area contributed by atoms with Crippen LogP contribution in [0.25, 0.3) is 22.5 Å². The van der Waals surface area contributed by atoms with Crippen LogP contribution < -0.4 is 15.2 Å². The van der Waals surface area contributed by atoms with E-state index in [0.717, 1.165) is 16.7 Å². The van der Waals surface area contributed by atoms with E-state index in [1.54, 1.807) is 12.4 Å². The highest BCUT2D eigenvalue weighted by molar-refractivity contribution is 5.86. The van der Waals surface area contributed by atoms with Crippen molar-refractivity contribution in [3.05, 3.63) is 42.7 Å². The topological polar surface area (TPSA) is 83.4 Å². The van der Waals surface area contributed by atoms with Gasteiger partial charge in [-0.3, -0.25) is 4.98 Å². The molecule has 0 bridgehead atoms. The molecule has 6 nitrogen and oxygen atoms in total. The van der Waals surface area contributed by atoms with E-state index < -0.39 is 0 Å². The molecule has 3 heterocycles. The van der Waals surface area contributed by atoms with Crippen LogP contribution >= 0.6 is 0 Å². The van der Waals surface area contributed by atoms with Crippen LogP contribution in [0.5, 0.6) is 11.5 Å². The monoisotopic (exact) mass is 281 g/mol. The maximum atomic E-state index is 5.93. The lowest BCUT2D eigenvalue weighted by Gasteiger charge is -2.03. The average molecular weight is 281 g/mol. The Kier molecular flexibility index (Phi) is 2.53. The Morgan fingerprint density at radius 2 is 1.95 bits per heavy atom. The summed E-state index contributed by atoms with van der Waals surface area (Å²) in [6.07, 6.45) is 3.42. The molecule has 3 aromatic rings. The van der Waals surface area contributed by atoms with Gasteiger partial charge in [0.1, 0.15) is 0 Å². The molecule has 0 radical (unpaired) electrons. The van der Waals surface area contributed by atoms with Gasteiger partial charge in [0.05, 0.1) is 5.56 Å². The molecule has 21 heavy (non-hydrogen) atoms. The molecular formula is C15H11N3O3. The van der Waals surface area contributed by atoms with Gasteiger partial charge in [0.25, 0.3) is 0 Å². The Morgan fingerprint density at radius 1 is 1.05 bits per heavy atom. The summed E-state index contributed by atoms with van der Waals surface area (Å²) in [6, 6.07) is 9.32. The third kappa shape index (κ3) is 1.88. The summed E-state index contributed by atoms with van der Waals surface area (Å²) < 4.78 is 16.1. The van der Waals surface area contributed by atoms with Crippen molar-refractivity contribution in [2.75, 3.05) is 12.5 Å². The molecule has 2 aromatic heterocycles. The summed E-state index contributed by atoms with van der Waals surface area (Å²) in [4.78, 5) is 4.10. The molecule has 2 N–H and O–H groups in total. The van der Waals surface area contributed by atoms with Crippen molar-refractivity contribution in [3.8, 4) is 33.9 Å². The van der Waals surface area contributed by atoms with Gasteiger partial charge in [0, 0.05) is 23.5 Å². The summed E-state index contributed by atoms with van der Waals surface area (Å²) in [7, 11) is 0. The zero-order chi connectivity index (χ0) is 14.2. The number of rotatable bonds is 2. The highest BCUT2D eigenvalue weighted by Gasteiger charge is 2.21. The first kappa shape index (κ1) is 11.8. The quantitative estimate of drug-likeness (QED) is 0.777. The van der Waals surface area contributed by atoms with Gasteiger partial charge in [-0.15, -0.1) is 0 Å². The number of nitrogens with zero attached hydrogens (tertiary/aromatic N) is 2. The Bertz CT molecular complexity index is 799. The number of hydrogen-bond acceptors (Lipinski definition) is 6. The first-order valence-corrected chi connectivity index (χ1v) is 6.38. The minimum atomic E-state index is 0.229. The van der Waals surface area contributed by atoms with Crippen LogP contribution in [-0.4, -0.2) is 16.9 Å². The molecule has 0 saturated heterocycles. The fourth-order valence-electron chi connectivity index (χ4n) is 2.33. The van der Waals surface area contributed by atoms with Crippen LogP contribution in [0.4, 0.5) is 5.82 Å². The van der Waals surface area contributed by atoms with Crippen LogP contribution in [0, 0.1) is 0 Å². The Morgan fingerprint density at radius 3 is 2.81 bits per heavy atom. The van der Waals surface area contributed by atoms with Crippen LogP contribution in [0.1, 0.15) is 0 Å². The average Bonchev–Trinajstić information content (AvgIpc) is 3.13. The molecule has 6 heteroatoms. The fraction of sp³-hybridized carbons (Fsp3) is 0.0667. The number of hydrogen-bond donors (Lipinski definition) is 1. The van der Waals surface area contributed by atoms with Crippen molar-refractivity contribution in [1.82, 2.24) is 10.1 Å². The van der Waals surface area contributed by atoms with Crippen molar-refractivity contribution in [1.29, 1.82) is 0 Å². The van der Waals surface area contributed by atoms with E-state index in [4.69, 9.17) is 19.7 Å². The minimum absolute atomic E-state index is 0.229. The standard InChI is InChI=1S/C15H11N3O3/c16-15-13(10-2-1-5-17-7-10)14(21-18-15)9-3-4-11-12(6-9)20-8-19-11/h1-7H,8H2,(H2,16,18). The maximum Gasteiger partial charge on any atom is 0.231 e. The Balaban J connectivity index is 1.87. The van der Waals surface area contributed by atoms with E-state index >= 15 is 0 Å². The largest absolute Gasteiger partial charge is 0.454 e. The number of pyridine rings is 1. The van der Waals surface area contributed by atoms with Crippen molar-refractivity contribution < 1.29 is 14.0 Å². The van der Waals surface area contributed by atoms with E-state index in [0.29, 0.717) is 23.1 Å². The normalized spacial score (nSPS) is 12.6. The van der Waals surface area contributed by atoms with Crippen LogP contribution in [0.3, 0.4) is 0 Å². The van der Waals surface area contributed by atoms with E-state index in [1.807, 2.05) is 30.3 Å². The molecule has 0 aliphatic carbocycles. The number of ether oxygens (including phenoxy) is 2. The zero-order valence-corrected chi connectivity index (χ0v) is 10.9. The highest BCUT2D eigenvalue weighted by atomic mass is 16.7. The molecule has 0 unspecified atom stereocenters. The molecule has 1 aliphatic heterocycles. The van der Waals surface area contributed by atoms with E-state index in [2.05, 4.69) is 10.1 Å². The van der Waals surface area contributed by atoms with E-state index in [9.17, 15) is 0 Å². The van der Waals surface area contributed by atoms with Gasteiger partial charge in [-0.05, 0) is 24.3 Å². The second-order valence-corrected chi connectivity index (χ2v) is 4.58. The minimum Gasteiger partial charge on any atom is -0.454 e. The number of benzene rings is 1. The van der Waals surface area contributed by atoms with Gasteiger partial charge in [-0.2, -0.15) is 0 Å². The van der Waals surface area contributed by atoms with Gasteiger partial charge in [-0.1, -0.05) is 11.2 Å². The lowest BCUT2D eigenvalue weighted by Crippen LogP contribution is -1.92. The number of aromatic nitrogens is 2. The number of nitrogens with two attached hydrogens (primary N) is 1. The van der Waals surface area contributed by atoms with Gasteiger partial charge < -0.3 is 19.7 Å². The van der Waals surface area contributed by atoms with Gasteiger partial charge in [0.2, 0.25) is 6.79 Å². The maximum absolute atomic E-state index is 5.93. The van der Waals surface area contributed by atoms with Crippen LogP contribution in [-0.2, 0) is 0 Å². The van der Waals surface area contributed by atoms with Crippen molar-refractivity contribution >= 4 is 5.82 Å². The molecule has 0 amide bonds. The lowest BCUT2D eigenvalue weighted by atomic mass is 10.0. The summed E-state index contributed by atoms with van der Waals surface area (Å²) >= 11 is 0. The summed E-state index contributed by atoms with van der Waals surface area (Å²) in [5.41, 5.74) is 8.33. The van der Waals surface area contributed by atoms with Crippen LogP contribution in [0.15, 0.2) is 47.2 Å². The lowest BCUT2D eigenvalue weighted by molar-refractivity contribution is 0.174. The molecule has 0 atom stereocenters. The van der Waals surface area contributed by atoms with Crippen molar-refractivity contribution in [2.24, 2.45) is 0 Å². The van der Waals surface area contributed by atoms with Crippen LogP contribution in [0.2, 0.25) is 0 Å². The Hall–Kier alpha value is -3.02. The SMILES string of the molecule is Nc1noc(-c2ccc3c(c2)OCO3)c1-c1cccnc1. The first-order chi connectivity index (χ1) is 10.3. The second-order valence-electron chi connectivity index (χ2n) is 4.58.